The third kappa shape index (κ3) is 4.74. The van der Waals surface area contributed by atoms with E-state index in [0.29, 0.717) is 31.7 Å². The lowest BCUT2D eigenvalue weighted by molar-refractivity contribution is -0.148. The van der Waals surface area contributed by atoms with Crippen LogP contribution in [0.5, 0.6) is 0 Å². The Labute approximate surface area is 143 Å². The topological polar surface area (TPSA) is 46.6 Å². The van der Waals surface area contributed by atoms with Gasteiger partial charge in [0.15, 0.2) is 0 Å². The van der Waals surface area contributed by atoms with E-state index >= 15 is 0 Å². The third-order valence-electron chi connectivity index (χ3n) is 3.82. The van der Waals surface area contributed by atoms with Crippen molar-refractivity contribution in [1.29, 1.82) is 0 Å². The largest absolute Gasteiger partial charge is 0.469 e. The number of carbonyl (C=O) groups is 2. The van der Waals surface area contributed by atoms with Crippen molar-refractivity contribution < 1.29 is 14.3 Å². The van der Waals surface area contributed by atoms with Gasteiger partial charge in [0.05, 0.1) is 18.8 Å². The van der Waals surface area contributed by atoms with Crippen molar-refractivity contribution in [2.24, 2.45) is 5.92 Å². The summed E-state index contributed by atoms with van der Waals surface area (Å²) in [7, 11) is 1.41. The van der Waals surface area contributed by atoms with Crippen molar-refractivity contribution in [3.05, 3.63) is 34.3 Å². The van der Waals surface area contributed by atoms with Crippen molar-refractivity contribution in [2.75, 3.05) is 26.0 Å². The molecule has 22 heavy (non-hydrogen) atoms. The minimum Gasteiger partial charge on any atom is -0.469 e. The maximum absolute atomic E-state index is 12.2. The Morgan fingerprint density at radius 2 is 2.00 bits per heavy atom. The summed E-state index contributed by atoms with van der Waals surface area (Å²) in [4.78, 5) is 25.5. The number of piperidine rings is 1. The molecule has 4 nitrogen and oxygen atoms in total. The molecule has 120 valence electrons. The molecule has 1 amide bonds. The van der Waals surface area contributed by atoms with Gasteiger partial charge in [0, 0.05) is 23.3 Å². The Kier molecular flexibility index (Phi) is 6.76. The summed E-state index contributed by atoms with van der Waals surface area (Å²) in [5, 5.41) is 0. The first kappa shape index (κ1) is 17.3. The zero-order valence-electron chi connectivity index (χ0n) is 12.6. The summed E-state index contributed by atoms with van der Waals surface area (Å²) >= 11 is 5.14. The average molecular weight is 386 g/mol. The molecule has 0 N–H and O–H groups in total. The molecule has 6 heteroatoms. The van der Waals surface area contributed by atoms with E-state index in [-0.39, 0.29) is 17.8 Å². The van der Waals surface area contributed by atoms with Gasteiger partial charge in [-0.05, 0) is 24.5 Å². The fourth-order valence-corrected chi connectivity index (χ4v) is 4.03. The van der Waals surface area contributed by atoms with Gasteiger partial charge in [-0.2, -0.15) is 0 Å². The standard InChI is InChI=1S/C16H20BrNO3S/c1-21-16(20)12-6-8-18(9-7-12)15(19)11-22-10-13-4-2-3-5-14(13)17/h2-5,12H,6-11H2,1H3. The van der Waals surface area contributed by atoms with Gasteiger partial charge in [-0.3, -0.25) is 9.59 Å². The monoisotopic (exact) mass is 385 g/mol. The molecule has 0 aromatic heterocycles. The van der Waals surface area contributed by atoms with Crippen LogP contribution in [-0.2, 0) is 20.1 Å². The first-order valence-corrected chi connectivity index (χ1v) is 9.23. The van der Waals surface area contributed by atoms with E-state index in [4.69, 9.17) is 4.74 Å². The zero-order chi connectivity index (χ0) is 15.9. The van der Waals surface area contributed by atoms with Crippen LogP contribution in [-0.4, -0.2) is 42.7 Å². The van der Waals surface area contributed by atoms with Gasteiger partial charge < -0.3 is 9.64 Å². The third-order valence-corrected chi connectivity index (χ3v) is 5.56. The highest BCUT2D eigenvalue weighted by Gasteiger charge is 2.27. The van der Waals surface area contributed by atoms with Gasteiger partial charge in [-0.15, -0.1) is 11.8 Å². The molecule has 1 heterocycles. The highest BCUT2D eigenvalue weighted by molar-refractivity contribution is 9.10. The fourth-order valence-electron chi connectivity index (χ4n) is 2.49. The molecule has 1 saturated heterocycles. The highest BCUT2D eigenvalue weighted by Crippen LogP contribution is 2.23. The minimum atomic E-state index is -0.157. The summed E-state index contributed by atoms with van der Waals surface area (Å²) in [6.07, 6.45) is 1.40. The molecule has 1 aliphatic heterocycles. The summed E-state index contributed by atoms with van der Waals surface area (Å²) in [6, 6.07) is 8.05. The molecule has 0 spiro atoms. The molecule has 2 rings (SSSR count). The molecule has 0 aliphatic carbocycles. The molecule has 0 radical (unpaired) electrons. The quantitative estimate of drug-likeness (QED) is 0.730. The van der Waals surface area contributed by atoms with Crippen LogP contribution in [0.2, 0.25) is 0 Å². The molecule has 1 aromatic rings. The maximum Gasteiger partial charge on any atom is 0.308 e. The van der Waals surface area contributed by atoms with Gasteiger partial charge in [0.1, 0.15) is 0 Å². The number of methoxy groups -OCH3 is 1. The van der Waals surface area contributed by atoms with Crippen LogP contribution >= 0.6 is 27.7 Å². The minimum absolute atomic E-state index is 0.0537. The average Bonchev–Trinajstić information content (AvgIpc) is 2.56. The van der Waals surface area contributed by atoms with E-state index in [1.54, 1.807) is 11.8 Å². The molecular weight excluding hydrogens is 366 g/mol. The van der Waals surface area contributed by atoms with Gasteiger partial charge >= 0.3 is 5.97 Å². The lowest BCUT2D eigenvalue weighted by Crippen LogP contribution is -2.41. The van der Waals surface area contributed by atoms with Crippen LogP contribution in [0.25, 0.3) is 0 Å². The van der Waals surface area contributed by atoms with Crippen LogP contribution in [0.1, 0.15) is 18.4 Å². The first-order valence-electron chi connectivity index (χ1n) is 7.28. The van der Waals surface area contributed by atoms with Crippen LogP contribution in [0, 0.1) is 5.92 Å². The summed E-state index contributed by atoms with van der Waals surface area (Å²) in [5.41, 5.74) is 1.20. The number of carbonyl (C=O) groups excluding carboxylic acids is 2. The summed E-state index contributed by atoms with van der Waals surface area (Å²) in [6.45, 7) is 1.29. The fraction of sp³-hybridized carbons (Fsp3) is 0.500. The second-order valence-electron chi connectivity index (χ2n) is 5.26. The Balaban J connectivity index is 1.72. The normalized spacial score (nSPS) is 15.6. The van der Waals surface area contributed by atoms with Crippen molar-refractivity contribution in [3.8, 4) is 0 Å². The molecule has 0 saturated carbocycles. The van der Waals surface area contributed by atoms with E-state index in [1.807, 2.05) is 23.1 Å². The first-order chi connectivity index (χ1) is 10.6. The van der Waals surface area contributed by atoms with Crippen LogP contribution < -0.4 is 0 Å². The Morgan fingerprint density at radius 1 is 1.32 bits per heavy atom. The molecule has 1 aromatic carbocycles. The molecule has 0 bridgehead atoms. The lowest BCUT2D eigenvalue weighted by Gasteiger charge is -2.30. The van der Waals surface area contributed by atoms with E-state index < -0.39 is 0 Å². The van der Waals surface area contributed by atoms with E-state index in [1.165, 1.54) is 12.7 Å². The zero-order valence-corrected chi connectivity index (χ0v) is 15.0. The SMILES string of the molecule is COC(=O)C1CCN(C(=O)CSCc2ccccc2Br)CC1. The van der Waals surface area contributed by atoms with E-state index in [2.05, 4.69) is 22.0 Å². The van der Waals surface area contributed by atoms with Crippen LogP contribution in [0.4, 0.5) is 0 Å². The molecule has 0 atom stereocenters. The van der Waals surface area contributed by atoms with Crippen molar-refractivity contribution >= 4 is 39.6 Å². The number of amides is 1. The van der Waals surface area contributed by atoms with Crippen LogP contribution in [0.15, 0.2) is 28.7 Å². The summed E-state index contributed by atoms with van der Waals surface area (Å²) < 4.78 is 5.84. The van der Waals surface area contributed by atoms with Crippen LogP contribution in [0.3, 0.4) is 0 Å². The van der Waals surface area contributed by atoms with E-state index in [0.717, 1.165) is 10.2 Å². The summed E-state index contributed by atoms with van der Waals surface area (Å²) in [5.74, 6) is 1.23. The van der Waals surface area contributed by atoms with Crippen molar-refractivity contribution in [1.82, 2.24) is 4.90 Å². The highest BCUT2D eigenvalue weighted by atomic mass is 79.9. The predicted octanol–water partition coefficient (Wildman–Crippen LogP) is 3.09. The van der Waals surface area contributed by atoms with E-state index in [9.17, 15) is 9.59 Å². The number of thioether (sulfide) groups is 1. The van der Waals surface area contributed by atoms with Gasteiger partial charge in [-0.25, -0.2) is 0 Å². The molecule has 1 fully saturated rings. The maximum atomic E-state index is 12.2. The molecule has 1 aliphatic rings. The second-order valence-corrected chi connectivity index (χ2v) is 7.10. The Hall–Kier alpha value is -1.01. The number of benzene rings is 1. The van der Waals surface area contributed by atoms with Crippen molar-refractivity contribution in [2.45, 2.75) is 18.6 Å². The van der Waals surface area contributed by atoms with Gasteiger partial charge in [0.25, 0.3) is 0 Å². The number of nitrogens with zero attached hydrogens (tertiary/aromatic N) is 1. The smallest absolute Gasteiger partial charge is 0.308 e. The number of esters is 1. The number of hydrogen-bond donors (Lipinski definition) is 0. The van der Waals surface area contributed by atoms with Crippen molar-refractivity contribution in [3.63, 3.8) is 0 Å². The molecule has 0 unspecified atom stereocenters. The lowest BCUT2D eigenvalue weighted by atomic mass is 9.97. The number of likely N-dealkylation sites (tertiary alicyclic amines) is 1. The Morgan fingerprint density at radius 3 is 2.64 bits per heavy atom. The Bertz CT molecular complexity index is 530. The number of halogens is 1. The molecular formula is C16H20BrNO3S. The van der Waals surface area contributed by atoms with Gasteiger partial charge in [0.2, 0.25) is 5.91 Å². The predicted molar refractivity (Wildman–Crippen MR) is 91.6 cm³/mol. The number of ether oxygens (including phenoxy) is 1. The number of hydrogen-bond acceptors (Lipinski definition) is 4. The van der Waals surface area contributed by atoms with Gasteiger partial charge in [-0.1, -0.05) is 34.1 Å². The number of rotatable bonds is 5. The second kappa shape index (κ2) is 8.58.